The van der Waals surface area contributed by atoms with E-state index in [4.69, 9.17) is 19.8 Å². The molecule has 0 radical (unpaired) electrons. The number of aryl methyl sites for hydroxylation is 3. The van der Waals surface area contributed by atoms with Crippen molar-refractivity contribution in [2.45, 2.75) is 77.7 Å². The number of fused-ring (bicyclic) bond motifs is 2. The largest absolute Gasteiger partial charge is 0.465 e. The van der Waals surface area contributed by atoms with E-state index in [1.807, 2.05) is 35.9 Å². The number of nitrogens with one attached hydrogen (secondary N) is 1. The summed E-state index contributed by atoms with van der Waals surface area (Å²) >= 11 is 1.71. The molecule has 1 N–H and O–H groups in total. The molecule has 46 heavy (non-hydrogen) atoms. The first kappa shape index (κ1) is 28.1. The number of esters is 1. The van der Waals surface area contributed by atoms with Gasteiger partial charge in [-0.2, -0.15) is 5.10 Å². The summed E-state index contributed by atoms with van der Waals surface area (Å²) in [5.74, 6) is 2.95. The van der Waals surface area contributed by atoms with Crippen molar-refractivity contribution in [2.75, 3.05) is 12.4 Å². The van der Waals surface area contributed by atoms with Gasteiger partial charge >= 0.3 is 5.97 Å². The molecule has 0 saturated heterocycles. The van der Waals surface area contributed by atoms with Gasteiger partial charge in [-0.25, -0.2) is 14.8 Å². The maximum Gasteiger partial charge on any atom is 0.342 e. The molecule has 0 amide bonds. The summed E-state index contributed by atoms with van der Waals surface area (Å²) in [7, 11) is 1.41. The van der Waals surface area contributed by atoms with Crippen molar-refractivity contribution in [1.29, 1.82) is 0 Å². The van der Waals surface area contributed by atoms with Gasteiger partial charge in [0.25, 0.3) is 0 Å². The van der Waals surface area contributed by atoms with Gasteiger partial charge in [-0.1, -0.05) is 0 Å². The Balaban J connectivity index is 1.01. The van der Waals surface area contributed by atoms with Crippen molar-refractivity contribution in [3.8, 4) is 22.5 Å². The second-order valence-corrected chi connectivity index (χ2v) is 15.3. The van der Waals surface area contributed by atoms with Gasteiger partial charge in [0.05, 0.1) is 30.9 Å². The van der Waals surface area contributed by atoms with Crippen LogP contribution in [0.2, 0.25) is 0 Å². The van der Waals surface area contributed by atoms with Crippen molar-refractivity contribution in [2.24, 2.45) is 23.2 Å². The number of imidazole rings is 1. The lowest BCUT2D eigenvalue weighted by Gasteiger charge is -2.56. The summed E-state index contributed by atoms with van der Waals surface area (Å²) in [5, 5.41) is 18.1. The Morgan fingerprint density at radius 3 is 2.61 bits per heavy atom. The number of carbonyl (C=O) groups is 1. The highest BCUT2D eigenvalue weighted by Gasteiger charge is 2.51. The summed E-state index contributed by atoms with van der Waals surface area (Å²) in [6.45, 7) is 2.96. The molecule has 10 nitrogen and oxygen atoms in total. The topological polar surface area (TPSA) is 112 Å². The third-order valence-corrected chi connectivity index (χ3v) is 12.1. The van der Waals surface area contributed by atoms with Crippen LogP contribution in [0.15, 0.2) is 36.9 Å². The van der Waals surface area contributed by atoms with Crippen molar-refractivity contribution in [1.82, 2.24) is 34.3 Å². The predicted molar refractivity (Wildman–Crippen MR) is 176 cm³/mol. The van der Waals surface area contributed by atoms with E-state index in [0.717, 1.165) is 64.7 Å². The number of methoxy groups -OCH3 is 1. The third kappa shape index (κ3) is 4.73. The van der Waals surface area contributed by atoms with Gasteiger partial charge in [-0.15, -0.1) is 21.5 Å². The average Bonchev–Trinajstić information content (AvgIpc) is 3.78. The Morgan fingerprint density at radius 2 is 1.87 bits per heavy atom. The van der Waals surface area contributed by atoms with E-state index in [2.05, 4.69) is 26.4 Å². The zero-order valence-electron chi connectivity index (χ0n) is 26.3. The van der Waals surface area contributed by atoms with E-state index in [0.29, 0.717) is 28.1 Å². The van der Waals surface area contributed by atoms with Crippen LogP contribution in [-0.4, -0.2) is 47.4 Å². The number of ether oxygens (including phenoxy) is 1. The normalized spacial score (nSPS) is 24.8. The molecule has 236 valence electrons. The molecule has 5 aromatic rings. The van der Waals surface area contributed by atoms with Crippen LogP contribution in [0.3, 0.4) is 0 Å². The van der Waals surface area contributed by atoms with Crippen molar-refractivity contribution < 1.29 is 9.53 Å². The molecule has 11 heteroatoms. The lowest BCUT2D eigenvalue weighted by molar-refractivity contribution is -0.0635. The zero-order valence-corrected chi connectivity index (χ0v) is 27.1. The van der Waals surface area contributed by atoms with Gasteiger partial charge in [0.1, 0.15) is 11.3 Å². The first-order valence-electron chi connectivity index (χ1n) is 16.6. The predicted octanol–water partition coefficient (Wildman–Crippen LogP) is 7.05. The molecule has 0 spiro atoms. The molecular formula is C35H38N8O2S. The molecule has 4 fully saturated rings. The minimum atomic E-state index is -0.431. The highest BCUT2D eigenvalue weighted by molar-refractivity contribution is 7.15. The molecule has 5 aromatic heterocycles. The van der Waals surface area contributed by atoms with Crippen LogP contribution >= 0.6 is 11.3 Å². The molecule has 0 aromatic carbocycles. The van der Waals surface area contributed by atoms with E-state index in [1.54, 1.807) is 17.5 Å². The van der Waals surface area contributed by atoms with Crippen molar-refractivity contribution >= 4 is 33.9 Å². The summed E-state index contributed by atoms with van der Waals surface area (Å²) in [5.41, 5.74) is 6.54. The van der Waals surface area contributed by atoms with Crippen LogP contribution in [0, 0.1) is 30.1 Å². The quantitative estimate of drug-likeness (QED) is 0.190. The van der Waals surface area contributed by atoms with Crippen LogP contribution in [0.25, 0.3) is 28.2 Å². The molecular weight excluding hydrogens is 597 g/mol. The number of anilines is 2. The van der Waals surface area contributed by atoms with Crippen LogP contribution in [0.5, 0.6) is 0 Å². The van der Waals surface area contributed by atoms with Gasteiger partial charge in [0.15, 0.2) is 16.6 Å². The fourth-order valence-electron chi connectivity index (χ4n) is 9.44. The van der Waals surface area contributed by atoms with Crippen LogP contribution in [0.1, 0.15) is 77.9 Å². The number of aromatic nitrogens is 7. The zero-order chi connectivity index (χ0) is 31.0. The SMILES string of the molecule is COC(=O)c1c(-c2cnn(CC34CC5CC(CC(C5)C3)C4)c2)ccn2c(-c3cc(C)c(Nc4nc5c(s4)CCCC5)nn3)cnc12. The number of rotatable bonds is 7. The van der Waals surface area contributed by atoms with Gasteiger partial charge in [0, 0.05) is 34.9 Å². The van der Waals surface area contributed by atoms with Crippen LogP contribution in [0.4, 0.5) is 10.9 Å². The highest BCUT2D eigenvalue weighted by Crippen LogP contribution is 2.60. The Hall–Kier alpha value is -4.12. The molecule has 5 aliphatic carbocycles. The molecule has 10 rings (SSSR count). The van der Waals surface area contributed by atoms with Gasteiger partial charge in [-0.3, -0.25) is 9.08 Å². The summed E-state index contributed by atoms with van der Waals surface area (Å²) in [6, 6.07) is 3.95. The maximum absolute atomic E-state index is 13.3. The van der Waals surface area contributed by atoms with Crippen molar-refractivity contribution in [3.05, 3.63) is 58.6 Å². The number of carbonyl (C=O) groups excluding carboxylic acids is 1. The smallest absolute Gasteiger partial charge is 0.342 e. The van der Waals surface area contributed by atoms with Crippen molar-refractivity contribution in [3.63, 3.8) is 0 Å². The maximum atomic E-state index is 13.3. The van der Waals surface area contributed by atoms with Gasteiger partial charge in [0.2, 0.25) is 0 Å². The monoisotopic (exact) mass is 634 g/mol. The Labute approximate surface area is 271 Å². The number of thiazole rings is 1. The number of hydrogen-bond donors (Lipinski definition) is 1. The van der Waals surface area contributed by atoms with E-state index in [-0.39, 0.29) is 0 Å². The lowest BCUT2D eigenvalue weighted by atomic mass is 9.49. The van der Waals surface area contributed by atoms with Gasteiger partial charge < -0.3 is 10.1 Å². The third-order valence-electron chi connectivity index (χ3n) is 11.0. The second kappa shape index (κ2) is 10.7. The van der Waals surface area contributed by atoms with Crippen LogP contribution in [-0.2, 0) is 24.1 Å². The molecule has 4 saturated carbocycles. The minimum Gasteiger partial charge on any atom is -0.465 e. The fraction of sp³-hybridized carbons (Fsp3) is 0.486. The second-order valence-electron chi connectivity index (χ2n) is 14.3. The Bertz CT molecular complexity index is 1930. The first-order chi connectivity index (χ1) is 22.4. The average molecular weight is 635 g/mol. The molecule has 5 heterocycles. The molecule has 0 atom stereocenters. The summed E-state index contributed by atoms with van der Waals surface area (Å²) in [4.78, 5) is 24.1. The molecule has 5 aliphatic rings. The van der Waals surface area contributed by atoms with E-state index >= 15 is 0 Å². The number of pyridine rings is 1. The standard InChI is InChI=1S/C35H38N8O2S/c1-20-9-27(40-41-31(20)39-34-38-26-5-3-4-6-29(26)46-34)28-17-36-32-30(33(44)45-2)25(7-8-43(28)32)24-16-37-42(18-24)19-35-13-21-10-22(14-35)12-23(11-21)15-35/h7-9,16-18,21-23H,3-6,10-15,19H2,1-2H3,(H,38,39,41). The number of nitrogens with zero attached hydrogens (tertiary/aromatic N) is 7. The Kier molecular flexibility index (Phi) is 6.56. The summed E-state index contributed by atoms with van der Waals surface area (Å²) in [6.07, 6.45) is 20.5. The molecule has 0 unspecified atom stereocenters. The lowest BCUT2D eigenvalue weighted by Crippen LogP contribution is -2.47. The van der Waals surface area contributed by atoms with Gasteiger partial charge in [-0.05, 0) is 112 Å². The molecule has 4 bridgehead atoms. The fourth-order valence-corrected chi connectivity index (χ4v) is 10.5. The Morgan fingerprint density at radius 1 is 1.09 bits per heavy atom. The first-order valence-corrected chi connectivity index (χ1v) is 17.5. The van der Waals surface area contributed by atoms with E-state index in [9.17, 15) is 4.79 Å². The summed E-state index contributed by atoms with van der Waals surface area (Å²) < 4.78 is 9.28. The van der Waals surface area contributed by atoms with Crippen LogP contribution < -0.4 is 5.32 Å². The highest BCUT2D eigenvalue weighted by atomic mass is 32.1. The van der Waals surface area contributed by atoms with E-state index in [1.165, 1.54) is 69.0 Å². The minimum absolute atomic E-state index is 0.370. The molecule has 0 aliphatic heterocycles. The van der Waals surface area contributed by atoms with E-state index < -0.39 is 5.97 Å². The number of hydrogen-bond acceptors (Lipinski definition) is 9.